The molecule has 0 amide bonds. The van der Waals surface area contributed by atoms with Gasteiger partial charge in [0.2, 0.25) is 5.13 Å². The number of hydrogen-bond donors (Lipinski definition) is 0. The summed E-state index contributed by atoms with van der Waals surface area (Å²) in [7, 11) is 3.45. The predicted molar refractivity (Wildman–Crippen MR) is 68.5 cm³/mol. The molecule has 0 atom stereocenters. The summed E-state index contributed by atoms with van der Waals surface area (Å²) in [5.41, 5.74) is -0.892. The van der Waals surface area contributed by atoms with Gasteiger partial charge in [0, 0.05) is 19.5 Å². The Morgan fingerprint density at radius 3 is 2.70 bits per heavy atom. The van der Waals surface area contributed by atoms with Gasteiger partial charge in [-0.15, -0.1) is 24.5 Å². The number of rotatable bonds is 5. The molecule has 0 fully saturated rings. The predicted octanol–water partition coefficient (Wildman–Crippen LogP) is 2.37. The zero-order chi connectivity index (χ0) is 15.3. The summed E-state index contributed by atoms with van der Waals surface area (Å²) >= 11 is 6.15. The van der Waals surface area contributed by atoms with Gasteiger partial charge in [-0.3, -0.25) is 9.63 Å². The molecular weight excluding hydrogens is 321 g/mol. The lowest BCUT2D eigenvalue weighted by molar-refractivity contribution is -0.325. The first-order valence-corrected chi connectivity index (χ1v) is 6.14. The van der Waals surface area contributed by atoms with Crippen LogP contribution in [0, 0.1) is 0 Å². The van der Waals surface area contributed by atoms with Crippen LogP contribution in [0.15, 0.2) is 15.5 Å². The van der Waals surface area contributed by atoms with Crippen molar-refractivity contribution in [1.29, 1.82) is 0 Å². The first-order valence-electron chi connectivity index (χ1n) is 4.88. The largest absolute Gasteiger partial charge is 0.593 e. The van der Waals surface area contributed by atoms with Crippen molar-refractivity contribution in [3.63, 3.8) is 0 Å². The minimum Gasteiger partial charge on any atom is -0.369 e. The second-order valence-corrected chi connectivity index (χ2v) is 4.65. The lowest BCUT2D eigenvalue weighted by Gasteiger charge is -2.02. The van der Waals surface area contributed by atoms with Crippen molar-refractivity contribution in [3.05, 3.63) is 11.1 Å². The average molecular weight is 329 g/mol. The van der Waals surface area contributed by atoms with Crippen molar-refractivity contribution < 1.29 is 22.8 Å². The fraction of sp³-hybridized carbons (Fsp3) is 0.333. The van der Waals surface area contributed by atoms with Crippen molar-refractivity contribution >= 4 is 45.4 Å². The van der Waals surface area contributed by atoms with Crippen LogP contribution < -0.4 is 0 Å². The summed E-state index contributed by atoms with van der Waals surface area (Å²) in [6.45, 7) is 0. The first-order chi connectivity index (χ1) is 9.19. The third-order valence-corrected chi connectivity index (χ3v) is 2.49. The molecule has 6 nitrogen and oxygen atoms in total. The number of alkyl halides is 3. The molecule has 0 aliphatic rings. The fourth-order valence-electron chi connectivity index (χ4n) is 0.878. The van der Waals surface area contributed by atoms with Gasteiger partial charge in [0.15, 0.2) is 5.71 Å². The number of hydrogen-bond acceptors (Lipinski definition) is 6. The summed E-state index contributed by atoms with van der Waals surface area (Å²) in [6, 6.07) is 0. The van der Waals surface area contributed by atoms with E-state index in [1.54, 1.807) is 19.0 Å². The number of carbonyl (C=O) groups excluding carboxylic acids is 1. The number of aromatic nitrogens is 1. The van der Waals surface area contributed by atoms with E-state index in [1.165, 1.54) is 11.7 Å². The Morgan fingerprint density at radius 1 is 1.55 bits per heavy atom. The van der Waals surface area contributed by atoms with E-state index in [0.717, 1.165) is 11.3 Å². The number of thiazole rings is 1. The topological polar surface area (TPSA) is 67.2 Å². The quantitative estimate of drug-likeness (QED) is 0.360. The van der Waals surface area contributed by atoms with E-state index in [0.29, 0.717) is 0 Å². The van der Waals surface area contributed by atoms with Crippen LogP contribution in [0.2, 0.25) is 0 Å². The molecule has 110 valence electrons. The normalized spacial score (nSPS) is 12.8. The second-order valence-electron chi connectivity index (χ2n) is 3.47. The van der Waals surface area contributed by atoms with Gasteiger partial charge in [-0.25, -0.2) is 9.98 Å². The SMILES string of the molecule is CN(C)C=Nc1nc(C(=NOC(F)(F)F)C(=O)Cl)cs1. The Hall–Kier alpha value is -1.68. The van der Waals surface area contributed by atoms with Crippen molar-refractivity contribution in [1.82, 2.24) is 9.88 Å². The third-order valence-electron chi connectivity index (χ3n) is 1.56. The zero-order valence-corrected chi connectivity index (χ0v) is 11.8. The Bertz CT molecular complexity index is 542. The molecule has 1 aromatic rings. The first kappa shape index (κ1) is 16.4. The molecule has 0 aliphatic heterocycles. The van der Waals surface area contributed by atoms with Gasteiger partial charge in [-0.2, -0.15) is 0 Å². The maximum Gasteiger partial charge on any atom is 0.593 e. The Kier molecular flexibility index (Phi) is 5.45. The van der Waals surface area contributed by atoms with Crippen LogP contribution in [0.5, 0.6) is 0 Å². The van der Waals surface area contributed by atoms with Crippen LogP contribution >= 0.6 is 22.9 Å². The maximum atomic E-state index is 11.9. The summed E-state index contributed by atoms with van der Waals surface area (Å²) < 4.78 is 35.6. The van der Waals surface area contributed by atoms with E-state index in [9.17, 15) is 18.0 Å². The molecular formula is C9H8ClF3N4O2S. The van der Waals surface area contributed by atoms with Crippen molar-refractivity contribution in [3.8, 4) is 0 Å². The molecule has 0 unspecified atom stereocenters. The smallest absolute Gasteiger partial charge is 0.369 e. The van der Waals surface area contributed by atoms with Crippen LogP contribution in [-0.4, -0.2) is 47.6 Å². The van der Waals surface area contributed by atoms with Crippen LogP contribution in [-0.2, 0) is 9.63 Å². The number of halogens is 4. The van der Waals surface area contributed by atoms with E-state index in [4.69, 9.17) is 11.6 Å². The van der Waals surface area contributed by atoms with Crippen LogP contribution in [0.25, 0.3) is 0 Å². The molecule has 0 N–H and O–H groups in total. The Morgan fingerprint density at radius 2 is 2.20 bits per heavy atom. The number of aliphatic imine (C=N–C) groups is 1. The Labute approximate surface area is 120 Å². The van der Waals surface area contributed by atoms with E-state index in [-0.39, 0.29) is 10.8 Å². The summed E-state index contributed by atoms with van der Waals surface area (Å²) in [5, 5.41) is 2.97. The Balaban J connectivity index is 2.97. The second kappa shape index (κ2) is 6.66. The molecule has 0 aromatic carbocycles. The molecule has 0 spiro atoms. The van der Waals surface area contributed by atoms with Crippen molar-refractivity contribution in [2.75, 3.05) is 14.1 Å². The van der Waals surface area contributed by atoms with Gasteiger partial charge >= 0.3 is 6.36 Å². The van der Waals surface area contributed by atoms with Crippen LogP contribution in [0.3, 0.4) is 0 Å². The average Bonchev–Trinajstić information content (AvgIpc) is 2.73. The maximum absolute atomic E-state index is 11.9. The number of oxime groups is 1. The highest BCUT2D eigenvalue weighted by Gasteiger charge is 2.32. The molecule has 1 rings (SSSR count). The van der Waals surface area contributed by atoms with E-state index >= 15 is 0 Å². The monoisotopic (exact) mass is 328 g/mol. The van der Waals surface area contributed by atoms with Gasteiger partial charge in [-0.1, -0.05) is 5.16 Å². The molecule has 0 aliphatic carbocycles. The number of carbonyl (C=O) groups is 1. The summed E-state index contributed by atoms with van der Waals surface area (Å²) in [5.74, 6) is 0. The summed E-state index contributed by atoms with van der Waals surface area (Å²) in [4.78, 5) is 23.6. The van der Waals surface area contributed by atoms with Gasteiger partial charge in [0.1, 0.15) is 5.69 Å². The molecule has 0 bridgehead atoms. The molecule has 11 heteroatoms. The minimum atomic E-state index is -5.01. The third kappa shape index (κ3) is 5.53. The van der Waals surface area contributed by atoms with Gasteiger partial charge < -0.3 is 4.90 Å². The molecule has 0 saturated heterocycles. The highest BCUT2D eigenvalue weighted by Crippen LogP contribution is 2.21. The van der Waals surface area contributed by atoms with Gasteiger partial charge in [0.05, 0.1) is 6.34 Å². The fourth-order valence-corrected chi connectivity index (χ4v) is 1.65. The lowest BCUT2D eigenvalue weighted by atomic mass is 10.3. The van der Waals surface area contributed by atoms with Crippen LogP contribution in [0.4, 0.5) is 18.3 Å². The zero-order valence-electron chi connectivity index (χ0n) is 10.2. The lowest BCUT2D eigenvalue weighted by Crippen LogP contribution is -2.15. The van der Waals surface area contributed by atoms with Crippen molar-refractivity contribution in [2.45, 2.75) is 6.36 Å². The highest BCUT2D eigenvalue weighted by molar-refractivity contribution is 7.13. The standard InChI is InChI=1S/C9H8ClF3N4O2S/c1-17(2)4-14-8-15-5(3-20-8)6(7(10)18)16-19-9(11,12)13/h3-4H,1-2H3. The van der Waals surface area contributed by atoms with Gasteiger partial charge in [0.25, 0.3) is 5.24 Å². The molecule has 0 radical (unpaired) electrons. The highest BCUT2D eigenvalue weighted by atomic mass is 35.5. The van der Waals surface area contributed by atoms with E-state index in [1.807, 2.05) is 0 Å². The number of nitrogens with zero attached hydrogens (tertiary/aromatic N) is 4. The summed E-state index contributed by atoms with van der Waals surface area (Å²) in [6.07, 6.45) is -3.58. The molecule has 0 saturated carbocycles. The van der Waals surface area contributed by atoms with E-state index < -0.39 is 17.3 Å². The van der Waals surface area contributed by atoms with Gasteiger partial charge in [-0.05, 0) is 11.6 Å². The molecule has 20 heavy (non-hydrogen) atoms. The molecule has 1 aromatic heterocycles. The van der Waals surface area contributed by atoms with Crippen LogP contribution in [0.1, 0.15) is 5.69 Å². The van der Waals surface area contributed by atoms with Crippen molar-refractivity contribution in [2.24, 2.45) is 10.1 Å². The molecule has 1 heterocycles. The van der Waals surface area contributed by atoms with E-state index in [2.05, 4.69) is 20.0 Å². The minimum absolute atomic E-state index is 0.148.